The largest absolute Gasteiger partial charge is 0.444 e. The average Bonchev–Trinajstić information content (AvgIpc) is 2.85. The van der Waals surface area contributed by atoms with Crippen LogP contribution in [0.4, 0.5) is 0 Å². The van der Waals surface area contributed by atoms with E-state index in [0.717, 1.165) is 11.3 Å². The number of hydrazone groups is 1. The zero-order valence-corrected chi connectivity index (χ0v) is 13.1. The smallest absolute Gasteiger partial charge is 0.307 e. The number of aryl methyl sites for hydroxylation is 2. The molecule has 0 aliphatic heterocycles. The van der Waals surface area contributed by atoms with Crippen molar-refractivity contribution < 1.29 is 9.21 Å². The molecule has 0 unspecified atom stereocenters. The van der Waals surface area contributed by atoms with Crippen LogP contribution >= 0.6 is 15.9 Å². The van der Waals surface area contributed by atoms with E-state index in [1.165, 1.54) is 11.1 Å². The molecular weight excluding hydrogens is 320 g/mol. The molecule has 0 aliphatic carbocycles. The summed E-state index contributed by atoms with van der Waals surface area (Å²) in [7, 11) is 0. The molecular formula is C15H15BrN2O2. The van der Waals surface area contributed by atoms with Crippen LogP contribution in [0.5, 0.6) is 0 Å². The van der Waals surface area contributed by atoms with Crippen molar-refractivity contribution >= 4 is 27.5 Å². The first kappa shape index (κ1) is 14.5. The Morgan fingerprint density at radius 1 is 1.20 bits per heavy atom. The first-order chi connectivity index (χ1) is 9.47. The first-order valence-corrected chi connectivity index (χ1v) is 6.94. The van der Waals surface area contributed by atoms with Crippen molar-refractivity contribution in [3.05, 3.63) is 57.5 Å². The van der Waals surface area contributed by atoms with Gasteiger partial charge < -0.3 is 4.42 Å². The monoisotopic (exact) mass is 334 g/mol. The molecule has 0 aliphatic rings. The highest BCUT2D eigenvalue weighted by molar-refractivity contribution is 9.10. The second-order valence-electron chi connectivity index (χ2n) is 4.54. The second-order valence-corrected chi connectivity index (χ2v) is 5.32. The molecule has 0 atom stereocenters. The van der Waals surface area contributed by atoms with Gasteiger partial charge in [-0.3, -0.25) is 4.79 Å². The molecule has 1 heterocycles. The number of nitrogens with one attached hydrogen (secondary N) is 1. The number of rotatable bonds is 3. The third kappa shape index (κ3) is 3.36. The fourth-order valence-corrected chi connectivity index (χ4v) is 1.96. The van der Waals surface area contributed by atoms with Crippen LogP contribution in [-0.2, 0) is 0 Å². The quantitative estimate of drug-likeness (QED) is 0.685. The number of furan rings is 1. The van der Waals surface area contributed by atoms with Crippen LogP contribution < -0.4 is 5.43 Å². The topological polar surface area (TPSA) is 54.6 Å². The molecule has 1 N–H and O–H groups in total. The van der Waals surface area contributed by atoms with Crippen molar-refractivity contribution in [2.24, 2.45) is 5.10 Å². The van der Waals surface area contributed by atoms with Crippen LogP contribution in [0.25, 0.3) is 0 Å². The molecule has 0 radical (unpaired) electrons. The van der Waals surface area contributed by atoms with Crippen LogP contribution in [-0.4, -0.2) is 11.6 Å². The van der Waals surface area contributed by atoms with E-state index in [1.54, 1.807) is 12.1 Å². The van der Waals surface area contributed by atoms with Crippen molar-refractivity contribution in [1.29, 1.82) is 0 Å². The summed E-state index contributed by atoms with van der Waals surface area (Å²) in [5, 5.41) is 4.09. The van der Waals surface area contributed by atoms with Gasteiger partial charge in [-0.15, -0.1) is 0 Å². The first-order valence-electron chi connectivity index (χ1n) is 6.15. The molecule has 104 valence electrons. The standard InChI is InChI=1S/C15H15BrN2O2/c1-9-4-5-12(8-10(9)2)11(3)17-18-15(19)13-6-7-14(16)20-13/h4-8H,1-3H3,(H,18,19). The van der Waals surface area contributed by atoms with E-state index in [0.29, 0.717) is 4.67 Å². The maximum absolute atomic E-state index is 11.8. The van der Waals surface area contributed by atoms with Crippen LogP contribution in [0, 0.1) is 13.8 Å². The Morgan fingerprint density at radius 2 is 1.95 bits per heavy atom. The minimum Gasteiger partial charge on any atom is -0.444 e. The molecule has 1 aromatic heterocycles. The Labute approximate surface area is 126 Å². The SMILES string of the molecule is CC(=NNC(=O)c1ccc(Br)o1)c1ccc(C)c(C)c1. The van der Waals surface area contributed by atoms with E-state index >= 15 is 0 Å². The maximum Gasteiger partial charge on any atom is 0.307 e. The van der Waals surface area contributed by atoms with Crippen LogP contribution in [0.15, 0.2) is 44.5 Å². The molecule has 4 nitrogen and oxygen atoms in total. The number of hydrogen-bond donors (Lipinski definition) is 1. The minimum atomic E-state index is -0.376. The van der Waals surface area contributed by atoms with Gasteiger partial charge in [0, 0.05) is 0 Å². The number of carbonyl (C=O) groups is 1. The number of benzene rings is 1. The summed E-state index contributed by atoms with van der Waals surface area (Å²) in [5.74, 6) is -0.160. The number of hydrogen-bond acceptors (Lipinski definition) is 3. The lowest BCUT2D eigenvalue weighted by atomic mass is 10.0. The lowest BCUT2D eigenvalue weighted by Gasteiger charge is -2.05. The van der Waals surface area contributed by atoms with Crippen molar-refractivity contribution in [1.82, 2.24) is 5.43 Å². The lowest BCUT2D eigenvalue weighted by Crippen LogP contribution is -2.18. The normalized spacial score (nSPS) is 11.5. The summed E-state index contributed by atoms with van der Waals surface area (Å²) in [5.41, 5.74) is 6.62. The summed E-state index contributed by atoms with van der Waals surface area (Å²) in [6.07, 6.45) is 0. The van der Waals surface area contributed by atoms with Gasteiger partial charge in [0.1, 0.15) is 0 Å². The predicted octanol–water partition coefficient (Wildman–Crippen LogP) is 3.81. The van der Waals surface area contributed by atoms with Crippen molar-refractivity contribution in [2.75, 3.05) is 0 Å². The number of amides is 1. The van der Waals surface area contributed by atoms with Crippen molar-refractivity contribution in [3.8, 4) is 0 Å². The van der Waals surface area contributed by atoms with E-state index in [4.69, 9.17) is 4.42 Å². The lowest BCUT2D eigenvalue weighted by molar-refractivity contribution is 0.0926. The molecule has 5 heteroatoms. The Morgan fingerprint density at radius 3 is 2.55 bits per heavy atom. The van der Waals surface area contributed by atoms with Gasteiger partial charge in [-0.2, -0.15) is 5.10 Å². The number of carbonyl (C=O) groups excluding carboxylic acids is 1. The molecule has 20 heavy (non-hydrogen) atoms. The molecule has 0 spiro atoms. The fraction of sp³-hybridized carbons (Fsp3) is 0.200. The second kappa shape index (κ2) is 6.05. The van der Waals surface area contributed by atoms with Gasteiger partial charge in [-0.25, -0.2) is 5.43 Å². The van der Waals surface area contributed by atoms with E-state index < -0.39 is 0 Å². The maximum atomic E-state index is 11.8. The highest BCUT2D eigenvalue weighted by Crippen LogP contribution is 2.14. The van der Waals surface area contributed by atoms with E-state index in [-0.39, 0.29) is 11.7 Å². The van der Waals surface area contributed by atoms with Gasteiger partial charge in [0.2, 0.25) is 0 Å². The third-order valence-corrected chi connectivity index (χ3v) is 3.47. The van der Waals surface area contributed by atoms with E-state index in [1.807, 2.05) is 32.0 Å². The van der Waals surface area contributed by atoms with Gasteiger partial charge in [0.25, 0.3) is 0 Å². The van der Waals surface area contributed by atoms with E-state index in [9.17, 15) is 4.79 Å². The van der Waals surface area contributed by atoms with Crippen molar-refractivity contribution in [3.63, 3.8) is 0 Å². The summed E-state index contributed by atoms with van der Waals surface area (Å²) >= 11 is 3.15. The molecule has 1 aromatic carbocycles. The van der Waals surface area contributed by atoms with Gasteiger partial charge in [0.05, 0.1) is 5.71 Å². The predicted molar refractivity (Wildman–Crippen MR) is 82.0 cm³/mol. The van der Waals surface area contributed by atoms with Gasteiger partial charge >= 0.3 is 5.91 Å². The number of nitrogens with zero attached hydrogens (tertiary/aromatic N) is 1. The minimum absolute atomic E-state index is 0.216. The Bertz CT molecular complexity index is 674. The molecule has 0 bridgehead atoms. The average molecular weight is 335 g/mol. The molecule has 2 aromatic rings. The summed E-state index contributed by atoms with van der Waals surface area (Å²) in [4.78, 5) is 11.8. The number of halogens is 1. The van der Waals surface area contributed by atoms with Gasteiger partial charge in [0.15, 0.2) is 10.4 Å². The van der Waals surface area contributed by atoms with Crippen molar-refractivity contribution in [2.45, 2.75) is 20.8 Å². The Balaban J connectivity index is 2.10. The molecule has 1 amide bonds. The van der Waals surface area contributed by atoms with Crippen LogP contribution in [0.1, 0.15) is 34.2 Å². The molecule has 0 fully saturated rings. The molecule has 0 saturated carbocycles. The summed E-state index contributed by atoms with van der Waals surface area (Å²) in [6, 6.07) is 9.31. The summed E-state index contributed by atoms with van der Waals surface area (Å²) in [6.45, 7) is 5.95. The Kier molecular flexibility index (Phi) is 4.39. The van der Waals surface area contributed by atoms with E-state index in [2.05, 4.69) is 33.4 Å². The van der Waals surface area contributed by atoms with Gasteiger partial charge in [-0.1, -0.05) is 12.1 Å². The molecule has 2 rings (SSSR count). The third-order valence-electron chi connectivity index (χ3n) is 3.05. The summed E-state index contributed by atoms with van der Waals surface area (Å²) < 4.78 is 5.67. The van der Waals surface area contributed by atoms with Crippen LogP contribution in [0.3, 0.4) is 0 Å². The highest BCUT2D eigenvalue weighted by Gasteiger charge is 2.09. The molecule has 0 saturated heterocycles. The van der Waals surface area contributed by atoms with Gasteiger partial charge in [-0.05, 0) is 71.6 Å². The van der Waals surface area contributed by atoms with Crippen LogP contribution in [0.2, 0.25) is 0 Å². The Hall–Kier alpha value is -1.88. The zero-order valence-electron chi connectivity index (χ0n) is 11.5. The zero-order chi connectivity index (χ0) is 14.7. The highest BCUT2D eigenvalue weighted by atomic mass is 79.9. The fourth-order valence-electron chi connectivity index (χ4n) is 1.66.